The molecule has 0 unspecified atom stereocenters. The van der Waals surface area contributed by atoms with Gasteiger partial charge in [-0.15, -0.1) is 48.0 Å². The Balaban J connectivity index is -0.00000144. The first-order valence-electron chi connectivity index (χ1n) is 5.81. The molecule has 0 radical (unpaired) electrons. The van der Waals surface area contributed by atoms with Crippen LogP contribution < -0.4 is 21.3 Å². The van der Waals surface area contributed by atoms with Crippen molar-refractivity contribution < 1.29 is 9.59 Å². The highest BCUT2D eigenvalue weighted by Gasteiger charge is 2.10. The summed E-state index contributed by atoms with van der Waals surface area (Å²) in [5.41, 5.74) is 0. The van der Waals surface area contributed by atoms with Gasteiger partial charge in [-0.3, -0.25) is 9.59 Å². The molecule has 10 heteroatoms. The van der Waals surface area contributed by atoms with Gasteiger partial charge in [0.1, 0.15) is 0 Å². The summed E-state index contributed by atoms with van der Waals surface area (Å²) in [6.07, 6.45) is 0. The molecule has 0 saturated heterocycles. The first-order chi connectivity index (χ1) is 8.72. The molecule has 0 rings (SSSR count). The molecule has 0 heterocycles. The lowest BCUT2D eigenvalue weighted by molar-refractivity contribution is -0.139. The molecule has 6 nitrogen and oxygen atoms in total. The number of halogens is 4. The Morgan fingerprint density at radius 3 is 1.30 bits per heavy atom. The molecule has 122 valence electrons. The van der Waals surface area contributed by atoms with Crippen LogP contribution in [0.3, 0.4) is 0 Å². The maximum atomic E-state index is 11.3. The average molecular weight is 372 g/mol. The topological polar surface area (TPSA) is 82.3 Å². The van der Waals surface area contributed by atoms with E-state index in [0.29, 0.717) is 51.0 Å². The fraction of sp³-hybridized carbons (Fsp3) is 0.800. The lowest BCUT2D eigenvalue weighted by Crippen LogP contribution is -2.44. The first kappa shape index (κ1) is 25.0. The summed E-state index contributed by atoms with van der Waals surface area (Å²) in [6.45, 7) is 3.32. The summed E-state index contributed by atoms with van der Waals surface area (Å²) < 4.78 is 0. The van der Waals surface area contributed by atoms with E-state index in [2.05, 4.69) is 21.3 Å². The molecule has 0 aromatic rings. The lowest BCUT2D eigenvalue weighted by atomic mass is 10.5. The Morgan fingerprint density at radius 1 is 0.650 bits per heavy atom. The third-order valence-corrected chi connectivity index (χ3v) is 2.30. The van der Waals surface area contributed by atoms with Crippen molar-refractivity contribution in [3.05, 3.63) is 0 Å². The monoisotopic (exact) mass is 370 g/mol. The molecule has 0 aliphatic rings. The number of carbonyl (C=O) groups is 2. The van der Waals surface area contributed by atoms with Crippen molar-refractivity contribution in [3.63, 3.8) is 0 Å². The normalized spacial score (nSPS) is 9.10. The average Bonchev–Trinajstić information content (AvgIpc) is 2.37. The van der Waals surface area contributed by atoms with E-state index in [1.54, 1.807) is 0 Å². The van der Waals surface area contributed by atoms with E-state index < -0.39 is 11.8 Å². The molecule has 0 atom stereocenters. The molecule has 0 aliphatic carbocycles. The Labute approximate surface area is 141 Å². The Morgan fingerprint density at radius 2 is 1.00 bits per heavy atom. The second-order valence-corrected chi connectivity index (χ2v) is 4.15. The highest BCUT2D eigenvalue weighted by molar-refractivity contribution is 6.35. The lowest BCUT2D eigenvalue weighted by Gasteiger charge is -2.07. The molecule has 0 bridgehead atoms. The van der Waals surface area contributed by atoms with E-state index in [9.17, 15) is 9.59 Å². The van der Waals surface area contributed by atoms with Crippen molar-refractivity contribution >= 4 is 59.8 Å². The minimum Gasteiger partial charge on any atom is -0.347 e. The van der Waals surface area contributed by atoms with Crippen molar-refractivity contribution in [1.29, 1.82) is 0 Å². The smallest absolute Gasteiger partial charge is 0.309 e. The standard InChI is InChI=1S/C10H20Cl2N4O2.2ClH/c11-1-3-13-5-7-15-9(17)10(18)16-8-6-14-4-2-12;;/h13-14H,1-8H2,(H,15,17)(H,16,18);2*1H. The van der Waals surface area contributed by atoms with E-state index in [0.717, 1.165) is 0 Å². The molecular formula is C10H22Cl4N4O2. The molecule has 0 spiro atoms. The summed E-state index contributed by atoms with van der Waals surface area (Å²) in [7, 11) is 0. The van der Waals surface area contributed by atoms with Gasteiger partial charge >= 0.3 is 11.8 Å². The van der Waals surface area contributed by atoms with E-state index in [-0.39, 0.29) is 24.8 Å². The fourth-order valence-corrected chi connectivity index (χ4v) is 1.34. The second-order valence-electron chi connectivity index (χ2n) is 3.39. The Hall–Kier alpha value is 0.0200. The van der Waals surface area contributed by atoms with Crippen LogP contribution in [-0.2, 0) is 9.59 Å². The predicted molar refractivity (Wildman–Crippen MR) is 87.7 cm³/mol. The van der Waals surface area contributed by atoms with Crippen LogP contribution in [0, 0.1) is 0 Å². The van der Waals surface area contributed by atoms with Gasteiger partial charge in [-0.2, -0.15) is 0 Å². The van der Waals surface area contributed by atoms with Crippen molar-refractivity contribution in [3.8, 4) is 0 Å². The number of amides is 2. The summed E-state index contributed by atoms with van der Waals surface area (Å²) in [5.74, 6) is -0.215. The SMILES string of the molecule is Cl.Cl.O=C(NCCNCCCl)C(=O)NCCNCCCl. The molecular weight excluding hydrogens is 350 g/mol. The van der Waals surface area contributed by atoms with E-state index >= 15 is 0 Å². The van der Waals surface area contributed by atoms with Gasteiger partial charge < -0.3 is 21.3 Å². The molecule has 4 N–H and O–H groups in total. The van der Waals surface area contributed by atoms with Crippen LogP contribution in [0.4, 0.5) is 0 Å². The predicted octanol–water partition coefficient (Wildman–Crippen LogP) is -0.281. The summed E-state index contributed by atoms with van der Waals surface area (Å²) >= 11 is 10.9. The van der Waals surface area contributed by atoms with Crippen LogP contribution in [0.5, 0.6) is 0 Å². The third-order valence-electron chi connectivity index (χ3n) is 1.92. The van der Waals surface area contributed by atoms with Gasteiger partial charge in [0.2, 0.25) is 0 Å². The largest absolute Gasteiger partial charge is 0.347 e. The molecule has 0 fully saturated rings. The molecule has 0 aromatic carbocycles. The van der Waals surface area contributed by atoms with Gasteiger partial charge in [0, 0.05) is 51.0 Å². The van der Waals surface area contributed by atoms with E-state index in [1.165, 1.54) is 0 Å². The van der Waals surface area contributed by atoms with Crippen LogP contribution in [0.2, 0.25) is 0 Å². The second kappa shape index (κ2) is 19.0. The van der Waals surface area contributed by atoms with Crippen LogP contribution in [0.15, 0.2) is 0 Å². The Kier molecular flexibility index (Phi) is 23.8. The number of hydrogen-bond acceptors (Lipinski definition) is 4. The van der Waals surface area contributed by atoms with Crippen LogP contribution in [0.25, 0.3) is 0 Å². The van der Waals surface area contributed by atoms with Gasteiger partial charge in [0.05, 0.1) is 0 Å². The maximum Gasteiger partial charge on any atom is 0.309 e. The minimum atomic E-state index is -0.625. The number of hydrogen-bond donors (Lipinski definition) is 4. The number of alkyl halides is 2. The fourth-order valence-electron chi connectivity index (χ4n) is 1.07. The zero-order valence-electron chi connectivity index (χ0n) is 11.0. The minimum absolute atomic E-state index is 0. The molecule has 0 aromatic heterocycles. The summed E-state index contributed by atoms with van der Waals surface area (Å²) in [5, 5.41) is 11.0. The number of nitrogens with one attached hydrogen (secondary N) is 4. The van der Waals surface area contributed by atoms with E-state index in [1.807, 2.05) is 0 Å². The van der Waals surface area contributed by atoms with Gasteiger partial charge in [-0.05, 0) is 0 Å². The van der Waals surface area contributed by atoms with Gasteiger partial charge in [0.15, 0.2) is 0 Å². The van der Waals surface area contributed by atoms with Crippen molar-refractivity contribution in [1.82, 2.24) is 21.3 Å². The summed E-state index contributed by atoms with van der Waals surface area (Å²) in [6, 6.07) is 0. The van der Waals surface area contributed by atoms with Crippen LogP contribution in [-0.4, -0.2) is 62.8 Å². The highest BCUT2D eigenvalue weighted by atomic mass is 35.5. The van der Waals surface area contributed by atoms with E-state index in [4.69, 9.17) is 23.2 Å². The first-order valence-corrected chi connectivity index (χ1v) is 6.88. The quantitative estimate of drug-likeness (QED) is 0.242. The molecule has 2 amide bonds. The number of rotatable bonds is 10. The van der Waals surface area contributed by atoms with Crippen molar-refractivity contribution in [2.45, 2.75) is 0 Å². The molecule has 0 aliphatic heterocycles. The van der Waals surface area contributed by atoms with Crippen LogP contribution >= 0.6 is 48.0 Å². The zero-order chi connectivity index (χ0) is 13.6. The third kappa shape index (κ3) is 16.1. The maximum absolute atomic E-state index is 11.3. The van der Waals surface area contributed by atoms with Gasteiger partial charge in [-0.1, -0.05) is 0 Å². The Bertz CT molecular complexity index is 223. The van der Waals surface area contributed by atoms with Crippen LogP contribution in [0.1, 0.15) is 0 Å². The van der Waals surface area contributed by atoms with Gasteiger partial charge in [0.25, 0.3) is 0 Å². The van der Waals surface area contributed by atoms with Gasteiger partial charge in [-0.25, -0.2) is 0 Å². The zero-order valence-corrected chi connectivity index (χ0v) is 14.2. The summed E-state index contributed by atoms with van der Waals surface area (Å²) in [4.78, 5) is 22.6. The molecule has 20 heavy (non-hydrogen) atoms. The highest BCUT2D eigenvalue weighted by Crippen LogP contribution is 1.72. The van der Waals surface area contributed by atoms with Crippen molar-refractivity contribution in [2.75, 3.05) is 51.0 Å². The number of carbonyl (C=O) groups excluding carboxylic acids is 2. The van der Waals surface area contributed by atoms with Crippen molar-refractivity contribution in [2.24, 2.45) is 0 Å². The molecule has 0 saturated carbocycles.